The van der Waals surface area contributed by atoms with Gasteiger partial charge in [-0.3, -0.25) is 0 Å². The zero-order valence-electron chi connectivity index (χ0n) is 23.3. The summed E-state index contributed by atoms with van der Waals surface area (Å²) in [5, 5.41) is 0.907. The molecule has 202 valence electrons. The molecule has 0 heterocycles. The van der Waals surface area contributed by atoms with Crippen LogP contribution in [0.2, 0.25) is 0 Å². The second kappa shape index (κ2) is 12.3. The molecule has 0 unspecified atom stereocenters. The highest BCUT2D eigenvalue weighted by Crippen LogP contribution is 2.38. The van der Waals surface area contributed by atoms with Crippen molar-refractivity contribution in [1.82, 2.24) is 0 Å². The van der Waals surface area contributed by atoms with E-state index in [2.05, 4.69) is 126 Å². The van der Waals surface area contributed by atoms with Gasteiger partial charge in [0, 0.05) is 60.6 Å². The molecule has 0 aliphatic heterocycles. The number of aryl methyl sites for hydroxylation is 1. The van der Waals surface area contributed by atoms with E-state index in [-0.39, 0.29) is 0 Å². The van der Waals surface area contributed by atoms with Crippen LogP contribution in [0.3, 0.4) is 0 Å². The third kappa shape index (κ3) is 5.57. The maximum Gasteiger partial charge on any atom is 0.536 e. The Morgan fingerprint density at radius 3 is 1.05 bits per heavy atom. The maximum atomic E-state index is 5.69. The van der Waals surface area contributed by atoms with Crippen molar-refractivity contribution in [2.24, 2.45) is 0 Å². The first-order chi connectivity index (χ1) is 19.6. The fourth-order valence-electron chi connectivity index (χ4n) is 4.91. The average molecular weight is 547 g/mol. The third-order valence-corrected chi connectivity index (χ3v) is 9.63. The Morgan fingerprint density at radius 2 is 0.700 bits per heavy atom. The molecule has 0 aliphatic rings. The predicted molar refractivity (Wildman–Crippen MR) is 167 cm³/mol. The summed E-state index contributed by atoms with van der Waals surface area (Å²) < 4.78 is 17.1. The lowest BCUT2D eigenvalue weighted by Gasteiger charge is -2.29. The molecule has 0 aromatic heterocycles. The van der Waals surface area contributed by atoms with Gasteiger partial charge < -0.3 is 23.1 Å². The molecule has 6 heteroatoms. The zero-order valence-corrected chi connectivity index (χ0v) is 24.3. The Balaban J connectivity index is 1.55. The van der Waals surface area contributed by atoms with Crippen LogP contribution < -0.4 is 15.0 Å². The van der Waals surface area contributed by atoms with Gasteiger partial charge in [-0.05, 0) is 79.7 Å². The van der Waals surface area contributed by atoms with Gasteiger partial charge in [-0.2, -0.15) is 0 Å². The lowest BCUT2D eigenvalue weighted by atomic mass is 10.1. The molecule has 0 amide bonds. The van der Waals surface area contributed by atoms with Gasteiger partial charge in [0.25, 0.3) is 0 Å². The Kier molecular flexibility index (Phi) is 8.43. The maximum absolute atomic E-state index is 5.69. The van der Waals surface area contributed by atoms with E-state index in [1.165, 1.54) is 5.56 Å². The van der Waals surface area contributed by atoms with Crippen LogP contribution in [0.4, 0.5) is 34.1 Å². The van der Waals surface area contributed by atoms with Gasteiger partial charge in [0.15, 0.2) is 0 Å². The quantitative estimate of drug-likeness (QED) is 0.166. The highest BCUT2D eigenvalue weighted by Gasteiger charge is 2.40. The van der Waals surface area contributed by atoms with Crippen LogP contribution in [0.1, 0.15) is 5.56 Å². The molecule has 0 radical (unpaired) electrons. The van der Waals surface area contributed by atoms with E-state index in [1.54, 1.807) is 21.3 Å². The molecule has 0 N–H and O–H groups in total. The normalized spacial score (nSPS) is 11.3. The van der Waals surface area contributed by atoms with Crippen molar-refractivity contribution < 1.29 is 13.3 Å². The highest BCUT2D eigenvalue weighted by molar-refractivity contribution is 6.75. The molecule has 0 fully saturated rings. The summed E-state index contributed by atoms with van der Waals surface area (Å²) in [6, 6.07) is 46.3. The number of anilines is 6. The van der Waals surface area contributed by atoms with E-state index in [0.717, 1.165) is 39.3 Å². The second-order valence-electron chi connectivity index (χ2n) is 9.41. The number of hydrogen-bond donors (Lipinski definition) is 0. The lowest BCUT2D eigenvalue weighted by molar-refractivity contribution is 0.140. The fraction of sp³-hybridized carbons (Fsp3) is 0.118. The van der Waals surface area contributed by atoms with Crippen molar-refractivity contribution in [1.29, 1.82) is 0 Å². The molecule has 0 spiro atoms. The van der Waals surface area contributed by atoms with Crippen LogP contribution in [0, 0.1) is 6.92 Å². The third-order valence-electron chi connectivity index (χ3n) is 6.97. The minimum atomic E-state index is -2.93. The SMILES string of the molecule is CO[Si](OC)(OC)c1ccc(N(c2ccc(C)cc2)c2ccc(N(c3ccccc3)c3ccccc3)cc2)cc1. The monoisotopic (exact) mass is 546 g/mol. The van der Waals surface area contributed by atoms with Gasteiger partial charge in [0.1, 0.15) is 0 Å². The summed E-state index contributed by atoms with van der Waals surface area (Å²) in [5.74, 6) is 0. The van der Waals surface area contributed by atoms with Crippen LogP contribution in [0.15, 0.2) is 133 Å². The van der Waals surface area contributed by atoms with Crippen LogP contribution in [0.25, 0.3) is 0 Å². The number of para-hydroxylation sites is 2. The zero-order chi connectivity index (χ0) is 28.0. The molecular formula is C34H34N2O3Si. The average Bonchev–Trinajstić information content (AvgIpc) is 3.02. The number of hydrogen-bond acceptors (Lipinski definition) is 5. The summed E-state index contributed by atoms with van der Waals surface area (Å²) >= 11 is 0. The lowest BCUT2D eigenvalue weighted by Crippen LogP contribution is -2.54. The Bertz CT molecular complexity index is 1440. The molecule has 0 saturated carbocycles. The topological polar surface area (TPSA) is 34.2 Å². The molecule has 0 saturated heterocycles. The van der Waals surface area contributed by atoms with Crippen molar-refractivity contribution in [3.8, 4) is 0 Å². The van der Waals surface area contributed by atoms with E-state index >= 15 is 0 Å². The van der Waals surface area contributed by atoms with Gasteiger partial charge in [-0.25, -0.2) is 0 Å². The molecule has 0 bridgehead atoms. The Hall–Kier alpha value is -4.20. The van der Waals surface area contributed by atoms with Gasteiger partial charge >= 0.3 is 8.80 Å². The largest absolute Gasteiger partial charge is 0.536 e. The highest BCUT2D eigenvalue weighted by atomic mass is 28.4. The van der Waals surface area contributed by atoms with Crippen molar-refractivity contribution in [3.05, 3.63) is 139 Å². The Morgan fingerprint density at radius 1 is 0.400 bits per heavy atom. The first-order valence-electron chi connectivity index (χ1n) is 13.2. The molecule has 5 rings (SSSR count). The van der Waals surface area contributed by atoms with Crippen LogP contribution in [-0.2, 0) is 13.3 Å². The van der Waals surface area contributed by atoms with Crippen LogP contribution >= 0.6 is 0 Å². The van der Waals surface area contributed by atoms with Crippen molar-refractivity contribution in [2.75, 3.05) is 31.1 Å². The molecular weight excluding hydrogens is 512 g/mol. The van der Waals surface area contributed by atoms with Gasteiger partial charge in [-0.15, -0.1) is 0 Å². The molecule has 5 nitrogen and oxygen atoms in total. The minimum Gasteiger partial charge on any atom is -0.373 e. The Labute approximate surface area is 238 Å². The number of benzene rings is 5. The van der Waals surface area contributed by atoms with Crippen LogP contribution in [-0.4, -0.2) is 30.1 Å². The number of nitrogens with zero attached hydrogens (tertiary/aromatic N) is 2. The molecule has 5 aromatic rings. The first-order valence-corrected chi connectivity index (χ1v) is 14.9. The van der Waals surface area contributed by atoms with Gasteiger partial charge in [0.2, 0.25) is 0 Å². The summed E-state index contributed by atoms with van der Waals surface area (Å²) in [5.41, 5.74) is 7.65. The first kappa shape index (κ1) is 27.4. The summed E-state index contributed by atoms with van der Waals surface area (Å²) in [6.07, 6.45) is 0. The van der Waals surface area contributed by atoms with E-state index in [1.807, 2.05) is 24.3 Å². The van der Waals surface area contributed by atoms with E-state index in [4.69, 9.17) is 13.3 Å². The number of rotatable bonds is 10. The van der Waals surface area contributed by atoms with Crippen molar-refractivity contribution in [2.45, 2.75) is 6.92 Å². The van der Waals surface area contributed by atoms with Crippen molar-refractivity contribution >= 4 is 48.1 Å². The molecule has 0 atom stereocenters. The predicted octanol–water partition coefficient (Wildman–Crippen LogP) is 8.02. The van der Waals surface area contributed by atoms with Gasteiger partial charge in [-0.1, -0.05) is 66.2 Å². The van der Waals surface area contributed by atoms with Gasteiger partial charge in [0.05, 0.1) is 0 Å². The van der Waals surface area contributed by atoms with E-state index in [9.17, 15) is 0 Å². The van der Waals surface area contributed by atoms with E-state index in [0.29, 0.717) is 0 Å². The smallest absolute Gasteiger partial charge is 0.373 e. The second-order valence-corrected chi connectivity index (χ2v) is 12.3. The van der Waals surface area contributed by atoms with Crippen molar-refractivity contribution in [3.63, 3.8) is 0 Å². The molecule has 40 heavy (non-hydrogen) atoms. The molecule has 5 aromatic carbocycles. The summed E-state index contributed by atoms with van der Waals surface area (Å²) in [4.78, 5) is 4.51. The minimum absolute atomic E-state index is 0.907. The summed E-state index contributed by atoms with van der Waals surface area (Å²) in [7, 11) is 1.95. The molecule has 0 aliphatic carbocycles. The fourth-order valence-corrected chi connectivity index (χ4v) is 6.69. The van der Waals surface area contributed by atoms with Crippen LogP contribution in [0.5, 0.6) is 0 Å². The standard InChI is InChI=1S/C34H34N2O3Si/c1-27-15-17-30(18-16-27)36(33-23-25-34(26-24-33)40(37-2,38-3)39-4)32-21-19-31(20-22-32)35(28-11-7-5-8-12-28)29-13-9-6-10-14-29/h5-26H,1-4H3. The summed E-state index contributed by atoms with van der Waals surface area (Å²) in [6.45, 7) is 2.10. The van der Waals surface area contributed by atoms with E-state index < -0.39 is 8.80 Å².